The number of hydrogen-bond donors (Lipinski definition) is 2. The number of anilines is 1. The first kappa shape index (κ1) is 23.4. The molecule has 0 aliphatic rings. The summed E-state index contributed by atoms with van der Waals surface area (Å²) in [5, 5.41) is 2.91. The molecule has 0 saturated carbocycles. The van der Waals surface area contributed by atoms with E-state index in [0.717, 1.165) is 6.42 Å². The maximum absolute atomic E-state index is 13.8. The quantitative estimate of drug-likeness (QED) is 0.518. The Kier molecular flexibility index (Phi) is 7.61. The molecule has 3 aromatic carbocycles. The minimum atomic E-state index is -3.98. The fourth-order valence-corrected chi connectivity index (χ4v) is 4.24. The summed E-state index contributed by atoms with van der Waals surface area (Å²) in [6, 6.07) is 21.2. The van der Waals surface area contributed by atoms with E-state index < -0.39 is 15.8 Å². The monoisotopic (exact) mass is 455 g/mol. The van der Waals surface area contributed by atoms with Crippen molar-refractivity contribution in [2.45, 2.75) is 17.4 Å². The highest BCUT2D eigenvalue weighted by Crippen LogP contribution is 2.19. The smallest absolute Gasteiger partial charge is 0.261 e. The number of sulfonamides is 1. The Bertz CT molecular complexity index is 1150. The first-order chi connectivity index (χ1) is 15.3. The molecule has 0 aromatic heterocycles. The number of amides is 1. The van der Waals surface area contributed by atoms with Gasteiger partial charge >= 0.3 is 0 Å². The molecule has 0 radical (unpaired) electrons. The molecule has 0 aliphatic carbocycles. The Morgan fingerprint density at radius 3 is 2.19 bits per heavy atom. The van der Waals surface area contributed by atoms with Crippen LogP contribution in [0.25, 0.3) is 0 Å². The lowest BCUT2D eigenvalue weighted by atomic mass is 10.1. The fraction of sp³-hybridized carbons (Fsp3) is 0.208. The third-order valence-corrected chi connectivity index (χ3v) is 6.47. The molecule has 2 N–H and O–H groups in total. The molecule has 8 heteroatoms. The zero-order valence-electron chi connectivity index (χ0n) is 18.0. The Balaban J connectivity index is 1.63. The molecule has 3 aromatic rings. The zero-order valence-corrected chi connectivity index (χ0v) is 18.8. The third-order valence-electron chi connectivity index (χ3n) is 5.09. The summed E-state index contributed by atoms with van der Waals surface area (Å²) in [6.45, 7) is 0.440. The number of nitrogens with zero attached hydrogens (tertiary/aromatic N) is 1. The molecule has 0 bridgehead atoms. The first-order valence-electron chi connectivity index (χ1n) is 10.1. The van der Waals surface area contributed by atoms with Gasteiger partial charge in [0.2, 0.25) is 0 Å². The van der Waals surface area contributed by atoms with Crippen LogP contribution in [0, 0.1) is 5.82 Å². The van der Waals surface area contributed by atoms with E-state index in [9.17, 15) is 17.6 Å². The Morgan fingerprint density at radius 2 is 1.56 bits per heavy atom. The number of carbonyl (C=O) groups excluding carboxylic acids is 1. The van der Waals surface area contributed by atoms with Crippen LogP contribution < -0.4 is 10.0 Å². The molecule has 0 aliphatic heterocycles. The minimum absolute atomic E-state index is 0.0625. The number of carbonyl (C=O) groups is 1. The third kappa shape index (κ3) is 6.15. The van der Waals surface area contributed by atoms with Crippen LogP contribution in [0.2, 0.25) is 0 Å². The summed E-state index contributed by atoms with van der Waals surface area (Å²) in [5.41, 5.74) is 1.38. The second kappa shape index (κ2) is 10.4. The van der Waals surface area contributed by atoms with Crippen molar-refractivity contribution in [2.75, 3.05) is 25.4 Å². The van der Waals surface area contributed by atoms with Crippen LogP contribution in [0.5, 0.6) is 0 Å². The predicted octanol–water partition coefficient (Wildman–Crippen LogP) is 3.53. The molecule has 1 atom stereocenters. The molecular weight excluding hydrogens is 429 g/mol. The fourth-order valence-electron chi connectivity index (χ4n) is 3.17. The van der Waals surface area contributed by atoms with E-state index in [2.05, 4.69) is 14.9 Å². The molecule has 0 spiro atoms. The Morgan fingerprint density at radius 1 is 0.938 bits per heavy atom. The standard InChI is InChI=1S/C24H26FN3O3S/c1-28(2)20(16-18-8-4-3-5-9-18)17-26-24(29)19-12-14-21(15-13-19)32(30,31)27-23-11-7-6-10-22(23)25/h3-15,20,27H,16-17H2,1-2H3,(H,26,29). The molecule has 6 nitrogen and oxygen atoms in total. The summed E-state index contributed by atoms with van der Waals surface area (Å²) in [4.78, 5) is 14.6. The van der Waals surface area contributed by atoms with Gasteiger partial charge in [-0.25, -0.2) is 12.8 Å². The average molecular weight is 456 g/mol. The molecule has 1 amide bonds. The Hall–Kier alpha value is -3.23. The summed E-state index contributed by atoms with van der Waals surface area (Å²) < 4.78 is 41.0. The van der Waals surface area contributed by atoms with Crippen LogP contribution in [-0.2, 0) is 16.4 Å². The molecule has 32 heavy (non-hydrogen) atoms. The number of nitrogens with one attached hydrogen (secondary N) is 2. The van der Waals surface area contributed by atoms with Crippen molar-refractivity contribution in [1.82, 2.24) is 10.2 Å². The lowest BCUT2D eigenvalue weighted by Gasteiger charge is -2.24. The molecule has 1 unspecified atom stereocenters. The number of benzene rings is 3. The topological polar surface area (TPSA) is 78.5 Å². The Labute approximate surface area is 188 Å². The van der Waals surface area contributed by atoms with Crippen LogP contribution >= 0.6 is 0 Å². The van der Waals surface area contributed by atoms with Gasteiger partial charge in [-0.3, -0.25) is 9.52 Å². The van der Waals surface area contributed by atoms with Gasteiger partial charge in [0.05, 0.1) is 10.6 Å². The zero-order chi connectivity index (χ0) is 23.1. The van der Waals surface area contributed by atoms with Crippen LogP contribution in [0.4, 0.5) is 10.1 Å². The van der Waals surface area contributed by atoms with E-state index in [1.54, 1.807) is 0 Å². The van der Waals surface area contributed by atoms with Crippen molar-refractivity contribution in [2.24, 2.45) is 0 Å². The van der Waals surface area contributed by atoms with Crippen molar-refractivity contribution in [3.63, 3.8) is 0 Å². The first-order valence-corrected chi connectivity index (χ1v) is 11.6. The summed E-state index contributed by atoms with van der Waals surface area (Å²) >= 11 is 0. The molecule has 0 heterocycles. The molecular formula is C24H26FN3O3S. The second-order valence-electron chi connectivity index (χ2n) is 7.63. The van der Waals surface area contributed by atoms with E-state index in [4.69, 9.17) is 0 Å². The van der Waals surface area contributed by atoms with Gasteiger partial charge in [-0.2, -0.15) is 0 Å². The van der Waals surface area contributed by atoms with Gasteiger partial charge in [0.15, 0.2) is 0 Å². The van der Waals surface area contributed by atoms with Crippen molar-refractivity contribution >= 4 is 21.6 Å². The number of rotatable bonds is 9. The minimum Gasteiger partial charge on any atom is -0.350 e. The highest BCUT2D eigenvalue weighted by molar-refractivity contribution is 7.92. The summed E-state index contributed by atoms with van der Waals surface area (Å²) in [5.74, 6) is -0.964. The van der Waals surface area contributed by atoms with Crippen molar-refractivity contribution in [1.29, 1.82) is 0 Å². The predicted molar refractivity (Wildman–Crippen MR) is 124 cm³/mol. The van der Waals surface area contributed by atoms with Gasteiger partial charge in [-0.15, -0.1) is 0 Å². The van der Waals surface area contributed by atoms with Crippen molar-refractivity contribution < 1.29 is 17.6 Å². The van der Waals surface area contributed by atoms with Crippen molar-refractivity contribution in [3.05, 3.63) is 95.8 Å². The van der Waals surface area contributed by atoms with Crippen LogP contribution in [0.15, 0.2) is 83.8 Å². The van der Waals surface area contributed by atoms with E-state index in [1.807, 2.05) is 44.4 Å². The molecule has 0 saturated heterocycles. The highest BCUT2D eigenvalue weighted by Gasteiger charge is 2.18. The van der Waals surface area contributed by atoms with Gasteiger partial charge in [0.25, 0.3) is 15.9 Å². The second-order valence-corrected chi connectivity index (χ2v) is 9.31. The van der Waals surface area contributed by atoms with Crippen molar-refractivity contribution in [3.8, 4) is 0 Å². The average Bonchev–Trinajstić information content (AvgIpc) is 2.78. The highest BCUT2D eigenvalue weighted by atomic mass is 32.2. The van der Waals surface area contributed by atoms with Gasteiger partial charge in [0.1, 0.15) is 5.82 Å². The summed E-state index contributed by atoms with van der Waals surface area (Å²) in [7, 11) is -0.0576. The molecule has 3 rings (SSSR count). The maximum atomic E-state index is 13.8. The normalized spacial score (nSPS) is 12.4. The maximum Gasteiger partial charge on any atom is 0.261 e. The van der Waals surface area contributed by atoms with Gasteiger partial charge in [0, 0.05) is 18.2 Å². The summed E-state index contributed by atoms with van der Waals surface area (Å²) in [6.07, 6.45) is 0.785. The molecule has 0 fully saturated rings. The van der Waals surface area contributed by atoms with Gasteiger partial charge in [-0.1, -0.05) is 42.5 Å². The van der Waals surface area contributed by atoms with E-state index >= 15 is 0 Å². The van der Waals surface area contributed by atoms with Gasteiger partial charge in [-0.05, 0) is 62.5 Å². The van der Waals surface area contributed by atoms with Crippen LogP contribution in [0.1, 0.15) is 15.9 Å². The molecule has 168 valence electrons. The number of likely N-dealkylation sites (N-methyl/N-ethyl adjacent to an activating group) is 1. The van der Waals surface area contributed by atoms with Crippen LogP contribution in [0.3, 0.4) is 0 Å². The van der Waals surface area contributed by atoms with E-state index in [-0.39, 0.29) is 22.5 Å². The number of halogens is 1. The largest absolute Gasteiger partial charge is 0.350 e. The van der Waals surface area contributed by atoms with E-state index in [0.29, 0.717) is 12.1 Å². The lowest BCUT2D eigenvalue weighted by molar-refractivity contribution is 0.0941. The number of para-hydroxylation sites is 1. The SMILES string of the molecule is CN(C)C(CNC(=O)c1ccc(S(=O)(=O)Nc2ccccc2F)cc1)Cc1ccccc1. The van der Waals surface area contributed by atoms with Crippen LogP contribution in [-0.4, -0.2) is 45.9 Å². The van der Waals surface area contributed by atoms with Gasteiger partial charge < -0.3 is 10.2 Å². The number of hydrogen-bond acceptors (Lipinski definition) is 4. The van der Waals surface area contributed by atoms with E-state index in [1.165, 1.54) is 54.1 Å². The lowest BCUT2D eigenvalue weighted by Crippen LogP contribution is -2.41.